The fourth-order valence-electron chi connectivity index (χ4n) is 0.745. The van der Waals surface area contributed by atoms with Crippen molar-refractivity contribution in [3.8, 4) is 0 Å². The van der Waals surface area contributed by atoms with E-state index in [2.05, 4.69) is 39.9 Å². The standard InChI is InChI=1S/C9H22N2/c1-7(6-10)11-8(2)9(3,4)5/h7-8,11H,6,10H2,1-5H3. The second-order valence-electron chi connectivity index (χ2n) is 4.39. The monoisotopic (exact) mass is 158 g/mol. The van der Waals surface area contributed by atoms with Gasteiger partial charge < -0.3 is 11.1 Å². The fraction of sp³-hybridized carbons (Fsp3) is 1.00. The zero-order valence-electron chi connectivity index (χ0n) is 8.44. The molecule has 0 aliphatic heterocycles. The quantitative estimate of drug-likeness (QED) is 0.651. The first kappa shape index (κ1) is 10.9. The first-order chi connectivity index (χ1) is 4.88. The molecule has 0 rings (SSSR count). The Labute approximate surface area is 70.5 Å². The lowest BCUT2D eigenvalue weighted by Crippen LogP contribution is -2.45. The van der Waals surface area contributed by atoms with Gasteiger partial charge in [-0.25, -0.2) is 0 Å². The van der Waals surface area contributed by atoms with Crippen LogP contribution in [0.4, 0.5) is 0 Å². The molecule has 0 fully saturated rings. The van der Waals surface area contributed by atoms with Crippen LogP contribution in [0.1, 0.15) is 34.6 Å². The molecule has 0 aromatic heterocycles. The summed E-state index contributed by atoms with van der Waals surface area (Å²) in [6.45, 7) is 11.7. The van der Waals surface area contributed by atoms with Gasteiger partial charge in [0.05, 0.1) is 0 Å². The number of nitrogens with one attached hydrogen (secondary N) is 1. The van der Waals surface area contributed by atoms with Crippen molar-refractivity contribution < 1.29 is 0 Å². The summed E-state index contributed by atoms with van der Waals surface area (Å²) in [6.07, 6.45) is 0. The van der Waals surface area contributed by atoms with Crippen LogP contribution in [0.3, 0.4) is 0 Å². The van der Waals surface area contributed by atoms with Crippen LogP contribution in [0.25, 0.3) is 0 Å². The van der Waals surface area contributed by atoms with Crippen LogP contribution in [0.5, 0.6) is 0 Å². The molecule has 0 heterocycles. The van der Waals surface area contributed by atoms with E-state index in [1.807, 2.05) is 0 Å². The maximum absolute atomic E-state index is 5.50. The van der Waals surface area contributed by atoms with Crippen LogP contribution in [-0.4, -0.2) is 18.6 Å². The van der Waals surface area contributed by atoms with Crippen LogP contribution in [-0.2, 0) is 0 Å². The Morgan fingerprint density at radius 3 is 2.00 bits per heavy atom. The highest BCUT2D eigenvalue weighted by Gasteiger charge is 2.20. The van der Waals surface area contributed by atoms with E-state index in [1.54, 1.807) is 0 Å². The molecule has 2 atom stereocenters. The van der Waals surface area contributed by atoms with Gasteiger partial charge in [-0.1, -0.05) is 20.8 Å². The van der Waals surface area contributed by atoms with Gasteiger partial charge in [0.25, 0.3) is 0 Å². The molecule has 0 bridgehead atoms. The summed E-state index contributed by atoms with van der Waals surface area (Å²) in [7, 11) is 0. The Balaban J connectivity index is 3.77. The van der Waals surface area contributed by atoms with Gasteiger partial charge in [0.1, 0.15) is 0 Å². The molecule has 0 saturated carbocycles. The van der Waals surface area contributed by atoms with E-state index in [9.17, 15) is 0 Å². The molecule has 2 unspecified atom stereocenters. The molecule has 11 heavy (non-hydrogen) atoms. The number of rotatable bonds is 3. The smallest absolute Gasteiger partial charge is 0.0164 e. The van der Waals surface area contributed by atoms with Crippen molar-refractivity contribution in [3.05, 3.63) is 0 Å². The van der Waals surface area contributed by atoms with Gasteiger partial charge in [-0.15, -0.1) is 0 Å². The molecule has 0 aromatic rings. The summed E-state index contributed by atoms with van der Waals surface area (Å²) in [5.41, 5.74) is 5.82. The van der Waals surface area contributed by atoms with E-state index in [1.165, 1.54) is 0 Å². The van der Waals surface area contributed by atoms with Crippen LogP contribution in [0.15, 0.2) is 0 Å². The van der Waals surface area contributed by atoms with Crippen molar-refractivity contribution in [1.29, 1.82) is 0 Å². The van der Waals surface area contributed by atoms with E-state index in [0.29, 0.717) is 24.0 Å². The molecule has 3 N–H and O–H groups in total. The van der Waals surface area contributed by atoms with Crippen LogP contribution < -0.4 is 11.1 Å². The van der Waals surface area contributed by atoms with Crippen molar-refractivity contribution in [2.75, 3.05) is 6.54 Å². The van der Waals surface area contributed by atoms with Gasteiger partial charge in [-0.2, -0.15) is 0 Å². The van der Waals surface area contributed by atoms with Gasteiger partial charge in [0.2, 0.25) is 0 Å². The third-order valence-electron chi connectivity index (χ3n) is 2.19. The van der Waals surface area contributed by atoms with Gasteiger partial charge in [-0.05, 0) is 19.3 Å². The van der Waals surface area contributed by atoms with E-state index >= 15 is 0 Å². The second-order valence-corrected chi connectivity index (χ2v) is 4.39. The summed E-state index contributed by atoms with van der Waals surface area (Å²) in [5, 5.41) is 3.44. The lowest BCUT2D eigenvalue weighted by Gasteiger charge is -2.30. The molecule has 0 spiro atoms. The average Bonchev–Trinajstić information content (AvgIpc) is 1.85. The molecule has 0 aliphatic carbocycles. The molecule has 0 saturated heterocycles. The van der Waals surface area contributed by atoms with Crippen molar-refractivity contribution in [1.82, 2.24) is 5.32 Å². The first-order valence-electron chi connectivity index (χ1n) is 4.34. The first-order valence-corrected chi connectivity index (χ1v) is 4.34. The summed E-state index contributed by atoms with van der Waals surface area (Å²) in [5.74, 6) is 0. The highest BCUT2D eigenvalue weighted by Crippen LogP contribution is 2.18. The maximum atomic E-state index is 5.50. The van der Waals surface area contributed by atoms with Gasteiger partial charge in [0.15, 0.2) is 0 Å². The molecule has 0 radical (unpaired) electrons. The van der Waals surface area contributed by atoms with Crippen molar-refractivity contribution >= 4 is 0 Å². The average molecular weight is 158 g/mol. The lowest BCUT2D eigenvalue weighted by molar-refractivity contribution is 0.268. The minimum atomic E-state index is 0.323. The van der Waals surface area contributed by atoms with Crippen molar-refractivity contribution in [2.24, 2.45) is 11.1 Å². The summed E-state index contributed by atoms with van der Waals surface area (Å²) < 4.78 is 0. The minimum Gasteiger partial charge on any atom is -0.329 e. The van der Waals surface area contributed by atoms with E-state index < -0.39 is 0 Å². The number of hydrogen-bond donors (Lipinski definition) is 2. The molecule has 2 heteroatoms. The third kappa shape index (κ3) is 4.38. The number of nitrogens with two attached hydrogens (primary N) is 1. The van der Waals surface area contributed by atoms with Crippen LogP contribution >= 0.6 is 0 Å². The molecule has 2 nitrogen and oxygen atoms in total. The highest BCUT2D eigenvalue weighted by molar-refractivity contribution is 4.78. The Hall–Kier alpha value is -0.0800. The van der Waals surface area contributed by atoms with E-state index in [-0.39, 0.29) is 0 Å². The summed E-state index contributed by atoms with van der Waals surface area (Å²) in [6, 6.07) is 0.935. The van der Waals surface area contributed by atoms with Crippen molar-refractivity contribution in [2.45, 2.75) is 46.7 Å². The van der Waals surface area contributed by atoms with Crippen LogP contribution in [0.2, 0.25) is 0 Å². The van der Waals surface area contributed by atoms with Gasteiger partial charge in [0, 0.05) is 18.6 Å². The normalized spacial score (nSPS) is 18.0. The Morgan fingerprint density at radius 2 is 1.73 bits per heavy atom. The third-order valence-corrected chi connectivity index (χ3v) is 2.19. The molecular weight excluding hydrogens is 136 g/mol. The SMILES string of the molecule is CC(CN)NC(C)C(C)(C)C. The number of hydrogen-bond acceptors (Lipinski definition) is 2. The van der Waals surface area contributed by atoms with E-state index in [0.717, 1.165) is 0 Å². The Morgan fingerprint density at radius 1 is 1.27 bits per heavy atom. The van der Waals surface area contributed by atoms with Gasteiger partial charge >= 0.3 is 0 Å². The van der Waals surface area contributed by atoms with Crippen LogP contribution in [0, 0.1) is 5.41 Å². The Kier molecular flexibility index (Phi) is 4.04. The second kappa shape index (κ2) is 4.07. The molecule has 68 valence electrons. The van der Waals surface area contributed by atoms with Crippen molar-refractivity contribution in [3.63, 3.8) is 0 Å². The molecule has 0 aromatic carbocycles. The zero-order chi connectivity index (χ0) is 9.07. The summed E-state index contributed by atoms with van der Waals surface area (Å²) in [4.78, 5) is 0. The van der Waals surface area contributed by atoms with Gasteiger partial charge in [-0.3, -0.25) is 0 Å². The highest BCUT2D eigenvalue weighted by atomic mass is 15.0. The lowest BCUT2D eigenvalue weighted by atomic mass is 9.87. The predicted molar refractivity (Wildman–Crippen MR) is 50.6 cm³/mol. The largest absolute Gasteiger partial charge is 0.329 e. The zero-order valence-corrected chi connectivity index (χ0v) is 8.44. The Bertz CT molecular complexity index is 105. The summed E-state index contributed by atoms with van der Waals surface area (Å²) >= 11 is 0. The predicted octanol–water partition coefficient (Wildman–Crippen LogP) is 1.36. The molecule has 0 amide bonds. The maximum Gasteiger partial charge on any atom is 0.0164 e. The molecule has 0 aliphatic rings. The fourth-order valence-corrected chi connectivity index (χ4v) is 0.745. The topological polar surface area (TPSA) is 38.0 Å². The minimum absolute atomic E-state index is 0.323. The molecular formula is C9H22N2. The van der Waals surface area contributed by atoms with E-state index in [4.69, 9.17) is 5.73 Å².